The summed E-state index contributed by atoms with van der Waals surface area (Å²) in [7, 11) is 4.26. The molecule has 4 saturated carbocycles. The monoisotopic (exact) mass is 278 g/mol. The van der Waals surface area contributed by atoms with Crippen LogP contribution in [0.5, 0.6) is 0 Å². The Morgan fingerprint density at radius 2 is 1.25 bits per heavy atom. The van der Waals surface area contributed by atoms with Gasteiger partial charge in [-0.25, -0.2) is 0 Å². The van der Waals surface area contributed by atoms with Crippen molar-refractivity contribution in [2.45, 2.75) is 77.3 Å². The molecule has 4 aliphatic rings. The highest BCUT2D eigenvalue weighted by molar-refractivity contribution is 5.08. The molecular formula is C18H34N2. The first-order valence-electron chi connectivity index (χ1n) is 8.83. The molecule has 4 rings (SSSR count). The van der Waals surface area contributed by atoms with E-state index in [4.69, 9.17) is 0 Å². The van der Waals surface area contributed by atoms with Crippen molar-refractivity contribution >= 4 is 0 Å². The predicted octanol–water partition coefficient (Wildman–Crippen LogP) is 3.57. The highest BCUT2D eigenvalue weighted by Gasteiger charge is 2.57. The molecule has 0 amide bonds. The highest BCUT2D eigenvalue weighted by Crippen LogP contribution is 2.67. The average Bonchev–Trinajstić information content (AvgIpc) is 2.35. The van der Waals surface area contributed by atoms with Crippen LogP contribution in [0.25, 0.3) is 0 Å². The summed E-state index contributed by atoms with van der Waals surface area (Å²) in [4.78, 5) is 0. The Morgan fingerprint density at radius 1 is 0.850 bits per heavy atom. The number of rotatable bonds is 6. The van der Waals surface area contributed by atoms with Crippen LogP contribution >= 0.6 is 0 Å². The molecule has 2 unspecified atom stereocenters. The maximum Gasteiger partial charge on any atom is 0.00410 e. The van der Waals surface area contributed by atoms with Crippen molar-refractivity contribution in [2.75, 3.05) is 14.1 Å². The van der Waals surface area contributed by atoms with Gasteiger partial charge in [0, 0.05) is 12.1 Å². The maximum absolute atomic E-state index is 3.49. The summed E-state index contributed by atoms with van der Waals surface area (Å²) in [5, 5.41) is 6.98. The maximum atomic E-state index is 3.49. The second kappa shape index (κ2) is 5.28. The summed E-state index contributed by atoms with van der Waals surface area (Å²) in [5.41, 5.74) is 1.36. The Bertz CT molecular complexity index is 307. The van der Waals surface area contributed by atoms with Crippen LogP contribution in [0, 0.1) is 22.7 Å². The lowest BCUT2D eigenvalue weighted by molar-refractivity contribution is -0.122. The van der Waals surface area contributed by atoms with E-state index in [0.29, 0.717) is 22.9 Å². The van der Waals surface area contributed by atoms with E-state index in [1.807, 2.05) is 0 Å². The topological polar surface area (TPSA) is 24.1 Å². The Labute approximate surface area is 125 Å². The van der Waals surface area contributed by atoms with Crippen molar-refractivity contribution in [3.05, 3.63) is 0 Å². The van der Waals surface area contributed by atoms with Gasteiger partial charge < -0.3 is 10.6 Å². The summed E-state index contributed by atoms with van der Waals surface area (Å²) in [6.07, 6.45) is 12.0. The third-order valence-electron chi connectivity index (χ3n) is 6.77. The molecule has 0 heterocycles. The summed E-state index contributed by atoms with van der Waals surface area (Å²) in [6, 6.07) is 1.37. The van der Waals surface area contributed by atoms with Crippen LogP contribution in [0.2, 0.25) is 0 Å². The van der Waals surface area contributed by atoms with Crippen LogP contribution in [0.3, 0.4) is 0 Å². The minimum Gasteiger partial charge on any atom is -0.317 e. The van der Waals surface area contributed by atoms with Crippen molar-refractivity contribution in [2.24, 2.45) is 22.7 Å². The molecule has 2 nitrogen and oxygen atoms in total. The second-order valence-corrected chi connectivity index (χ2v) is 8.75. The molecule has 0 saturated heterocycles. The Kier molecular flexibility index (Phi) is 3.92. The summed E-state index contributed by atoms with van der Waals surface area (Å²) in [5.74, 6) is 2.09. The van der Waals surface area contributed by atoms with Crippen molar-refractivity contribution < 1.29 is 0 Å². The zero-order valence-corrected chi connectivity index (χ0v) is 14.0. The predicted molar refractivity (Wildman–Crippen MR) is 85.8 cm³/mol. The van der Waals surface area contributed by atoms with Crippen LogP contribution in [0.15, 0.2) is 0 Å². The van der Waals surface area contributed by atoms with Crippen molar-refractivity contribution in [1.29, 1.82) is 0 Å². The lowest BCUT2D eigenvalue weighted by atomic mass is 9.42. The van der Waals surface area contributed by atoms with E-state index >= 15 is 0 Å². The molecule has 0 aromatic carbocycles. The van der Waals surface area contributed by atoms with Gasteiger partial charge in [-0.2, -0.15) is 0 Å². The summed E-state index contributed by atoms with van der Waals surface area (Å²) < 4.78 is 0. The van der Waals surface area contributed by atoms with E-state index in [-0.39, 0.29) is 0 Å². The standard InChI is InChI=1S/C18H34N2/c1-13(19-3)6-17-8-15-5-16(9-17)11-18(10-15,12-17)7-14(2)20-4/h13-16,19-20H,5-12H2,1-4H3. The molecule has 2 N–H and O–H groups in total. The number of hydrogen-bond donors (Lipinski definition) is 2. The van der Waals surface area contributed by atoms with Crippen molar-refractivity contribution in [3.63, 3.8) is 0 Å². The molecular weight excluding hydrogens is 244 g/mol. The zero-order chi connectivity index (χ0) is 14.4. The van der Waals surface area contributed by atoms with Gasteiger partial charge in [0.05, 0.1) is 0 Å². The van der Waals surface area contributed by atoms with E-state index < -0.39 is 0 Å². The fourth-order valence-electron chi connectivity index (χ4n) is 6.63. The SMILES string of the molecule is CNC(C)CC12CC3CC(C1)CC(CC(C)NC)(C3)C2. The largest absolute Gasteiger partial charge is 0.317 e. The van der Waals surface area contributed by atoms with E-state index in [2.05, 4.69) is 38.6 Å². The molecule has 4 aliphatic carbocycles. The van der Waals surface area contributed by atoms with E-state index in [9.17, 15) is 0 Å². The molecule has 0 spiro atoms. The molecule has 4 fully saturated rings. The average molecular weight is 278 g/mol. The smallest absolute Gasteiger partial charge is 0.00410 e. The molecule has 4 bridgehead atoms. The number of nitrogens with one attached hydrogen (secondary N) is 2. The van der Waals surface area contributed by atoms with Crippen LogP contribution in [-0.4, -0.2) is 26.2 Å². The first-order valence-corrected chi connectivity index (χ1v) is 8.83. The molecule has 0 aromatic rings. The van der Waals surface area contributed by atoms with Crippen LogP contribution in [0.1, 0.15) is 65.2 Å². The second-order valence-electron chi connectivity index (χ2n) is 8.75. The van der Waals surface area contributed by atoms with Crippen molar-refractivity contribution in [3.8, 4) is 0 Å². The first kappa shape index (κ1) is 14.8. The van der Waals surface area contributed by atoms with E-state index in [0.717, 1.165) is 11.8 Å². The van der Waals surface area contributed by atoms with Gasteiger partial charge in [-0.1, -0.05) is 0 Å². The van der Waals surface area contributed by atoms with Gasteiger partial charge in [-0.3, -0.25) is 0 Å². The fourth-order valence-corrected chi connectivity index (χ4v) is 6.63. The molecule has 0 aliphatic heterocycles. The third-order valence-corrected chi connectivity index (χ3v) is 6.77. The quantitative estimate of drug-likeness (QED) is 0.776. The van der Waals surface area contributed by atoms with Gasteiger partial charge in [0.2, 0.25) is 0 Å². The molecule has 116 valence electrons. The summed E-state index contributed by atoms with van der Waals surface area (Å²) in [6.45, 7) is 4.75. The Balaban J connectivity index is 1.78. The van der Waals surface area contributed by atoms with Gasteiger partial charge in [-0.15, -0.1) is 0 Å². The Hall–Kier alpha value is -0.0800. The van der Waals surface area contributed by atoms with Gasteiger partial charge in [0.1, 0.15) is 0 Å². The third kappa shape index (κ3) is 2.66. The van der Waals surface area contributed by atoms with Crippen LogP contribution < -0.4 is 10.6 Å². The van der Waals surface area contributed by atoms with Gasteiger partial charge in [-0.05, 0) is 102 Å². The van der Waals surface area contributed by atoms with E-state index in [1.165, 1.54) is 44.9 Å². The zero-order valence-electron chi connectivity index (χ0n) is 14.0. The summed E-state index contributed by atoms with van der Waals surface area (Å²) >= 11 is 0. The highest BCUT2D eigenvalue weighted by atomic mass is 14.9. The van der Waals surface area contributed by atoms with E-state index in [1.54, 1.807) is 6.42 Å². The normalized spacial score (nSPS) is 45.6. The van der Waals surface area contributed by atoms with Gasteiger partial charge >= 0.3 is 0 Å². The lowest BCUT2D eigenvalue weighted by Gasteiger charge is -2.63. The first-order chi connectivity index (χ1) is 9.48. The Morgan fingerprint density at radius 3 is 1.60 bits per heavy atom. The molecule has 20 heavy (non-hydrogen) atoms. The van der Waals surface area contributed by atoms with Crippen LogP contribution in [0.4, 0.5) is 0 Å². The lowest BCUT2D eigenvalue weighted by Crippen LogP contribution is -2.54. The van der Waals surface area contributed by atoms with Crippen molar-refractivity contribution in [1.82, 2.24) is 10.6 Å². The molecule has 2 heteroatoms. The number of hydrogen-bond acceptors (Lipinski definition) is 2. The van der Waals surface area contributed by atoms with Gasteiger partial charge in [0.25, 0.3) is 0 Å². The minimum atomic E-state index is 0.681. The molecule has 0 aromatic heterocycles. The van der Waals surface area contributed by atoms with Gasteiger partial charge in [0.15, 0.2) is 0 Å². The minimum absolute atomic E-state index is 0.681. The fraction of sp³-hybridized carbons (Fsp3) is 1.00. The van der Waals surface area contributed by atoms with Crippen LogP contribution in [-0.2, 0) is 0 Å². The molecule has 0 radical (unpaired) electrons. The molecule has 2 atom stereocenters.